The summed E-state index contributed by atoms with van der Waals surface area (Å²) >= 11 is 6.60. The zero-order valence-corrected chi connectivity index (χ0v) is 20.7. The monoisotopic (exact) mass is 574 g/mol. The van der Waals surface area contributed by atoms with Gasteiger partial charge in [-0.1, -0.05) is 35.9 Å². The predicted octanol–water partition coefficient (Wildman–Crippen LogP) is 5.83. The van der Waals surface area contributed by atoms with E-state index in [-0.39, 0.29) is 16.2 Å². The number of anilines is 1. The third-order valence-corrected chi connectivity index (χ3v) is 6.64. The van der Waals surface area contributed by atoms with Gasteiger partial charge in [-0.05, 0) is 86.8 Å². The van der Waals surface area contributed by atoms with Gasteiger partial charge in [0.25, 0.3) is 5.91 Å². The van der Waals surface area contributed by atoms with Gasteiger partial charge in [-0.25, -0.2) is 0 Å². The summed E-state index contributed by atoms with van der Waals surface area (Å²) in [5, 5.41) is 12.1. The van der Waals surface area contributed by atoms with E-state index in [0.717, 1.165) is 5.56 Å². The smallest absolute Gasteiger partial charge is 0.339 e. The number of nitrogens with zero attached hydrogens (tertiary/aromatic N) is 1. The standard InChI is InChI=1S/C23H16Br2N2O4S/c1-15-7-9-18(10-8-15)27-23(28)17(14-26)11-16-12-20(24)22(21(25)13-16)31-32(29,30)19-5-3-2-4-6-19/h2-13H,1H3,(H,27,28)/b17-11+. The minimum atomic E-state index is -4.04. The van der Waals surface area contributed by atoms with E-state index in [0.29, 0.717) is 20.2 Å². The summed E-state index contributed by atoms with van der Waals surface area (Å²) in [5.74, 6) is -0.510. The van der Waals surface area contributed by atoms with Gasteiger partial charge in [0.05, 0.1) is 8.95 Å². The normalized spacial score (nSPS) is 11.5. The van der Waals surface area contributed by atoms with E-state index in [9.17, 15) is 18.5 Å². The molecule has 0 spiro atoms. The topological polar surface area (TPSA) is 96.3 Å². The fraction of sp³-hybridized carbons (Fsp3) is 0.0435. The zero-order chi connectivity index (χ0) is 23.3. The van der Waals surface area contributed by atoms with Crippen molar-refractivity contribution in [2.45, 2.75) is 11.8 Å². The molecule has 0 aliphatic carbocycles. The Hall–Kier alpha value is -2.93. The van der Waals surface area contributed by atoms with E-state index < -0.39 is 16.0 Å². The Balaban J connectivity index is 1.86. The van der Waals surface area contributed by atoms with Crippen molar-refractivity contribution < 1.29 is 17.4 Å². The van der Waals surface area contributed by atoms with Crippen LogP contribution < -0.4 is 9.50 Å². The molecule has 0 radical (unpaired) electrons. The van der Waals surface area contributed by atoms with Gasteiger partial charge in [-0.15, -0.1) is 0 Å². The Morgan fingerprint density at radius 2 is 1.62 bits per heavy atom. The number of rotatable bonds is 6. The van der Waals surface area contributed by atoms with E-state index in [1.165, 1.54) is 18.2 Å². The van der Waals surface area contributed by atoms with Crippen LogP contribution in [0.2, 0.25) is 0 Å². The van der Waals surface area contributed by atoms with Crippen LogP contribution in [0.4, 0.5) is 5.69 Å². The molecular weight excluding hydrogens is 560 g/mol. The minimum absolute atomic E-state index is 0.0160. The number of nitriles is 1. The summed E-state index contributed by atoms with van der Waals surface area (Å²) in [7, 11) is -4.04. The highest BCUT2D eigenvalue weighted by Crippen LogP contribution is 2.37. The molecule has 3 aromatic carbocycles. The van der Waals surface area contributed by atoms with Crippen molar-refractivity contribution in [2.24, 2.45) is 0 Å². The average molecular weight is 576 g/mol. The fourth-order valence-corrected chi connectivity index (χ4v) is 5.22. The Kier molecular flexibility index (Phi) is 7.51. The number of carbonyl (C=O) groups is 1. The molecule has 3 rings (SSSR count). The second kappa shape index (κ2) is 10.1. The molecule has 0 aromatic heterocycles. The zero-order valence-electron chi connectivity index (χ0n) is 16.7. The lowest BCUT2D eigenvalue weighted by atomic mass is 10.1. The second-order valence-electron chi connectivity index (χ2n) is 6.65. The van der Waals surface area contributed by atoms with Crippen molar-refractivity contribution in [3.05, 3.63) is 92.4 Å². The number of hydrogen-bond acceptors (Lipinski definition) is 5. The average Bonchev–Trinajstić information content (AvgIpc) is 2.77. The van der Waals surface area contributed by atoms with Gasteiger partial charge in [-0.2, -0.15) is 13.7 Å². The van der Waals surface area contributed by atoms with Gasteiger partial charge in [0.15, 0.2) is 5.75 Å². The van der Waals surface area contributed by atoms with Gasteiger partial charge in [0.2, 0.25) is 0 Å². The summed E-state index contributed by atoms with van der Waals surface area (Å²) in [5.41, 5.74) is 1.99. The molecule has 0 atom stereocenters. The van der Waals surface area contributed by atoms with Crippen molar-refractivity contribution >= 4 is 59.6 Å². The molecule has 1 amide bonds. The van der Waals surface area contributed by atoms with E-state index in [1.807, 2.05) is 25.1 Å². The van der Waals surface area contributed by atoms with Crippen molar-refractivity contribution in [3.8, 4) is 11.8 Å². The Morgan fingerprint density at radius 3 is 2.19 bits per heavy atom. The minimum Gasteiger partial charge on any atom is -0.377 e. The lowest BCUT2D eigenvalue weighted by Crippen LogP contribution is -2.13. The lowest BCUT2D eigenvalue weighted by Gasteiger charge is -2.11. The maximum absolute atomic E-state index is 12.5. The van der Waals surface area contributed by atoms with Crippen LogP contribution in [0.3, 0.4) is 0 Å². The first kappa shape index (κ1) is 23.7. The first-order valence-electron chi connectivity index (χ1n) is 9.18. The molecule has 9 heteroatoms. The summed E-state index contributed by atoms with van der Waals surface area (Å²) in [6.07, 6.45) is 1.40. The lowest BCUT2D eigenvalue weighted by molar-refractivity contribution is -0.112. The molecule has 0 unspecified atom stereocenters. The molecule has 0 aliphatic heterocycles. The van der Waals surface area contributed by atoms with Crippen molar-refractivity contribution in [3.63, 3.8) is 0 Å². The largest absolute Gasteiger partial charge is 0.377 e. The summed E-state index contributed by atoms with van der Waals surface area (Å²) in [6.45, 7) is 1.93. The molecule has 0 aliphatic rings. The van der Waals surface area contributed by atoms with Crippen LogP contribution in [0.15, 0.2) is 86.1 Å². The number of aryl methyl sites for hydroxylation is 1. The van der Waals surface area contributed by atoms with Gasteiger partial charge >= 0.3 is 10.1 Å². The number of hydrogen-bond donors (Lipinski definition) is 1. The number of benzene rings is 3. The highest BCUT2D eigenvalue weighted by molar-refractivity contribution is 9.11. The van der Waals surface area contributed by atoms with E-state index >= 15 is 0 Å². The molecule has 32 heavy (non-hydrogen) atoms. The van der Waals surface area contributed by atoms with Crippen LogP contribution in [0.1, 0.15) is 11.1 Å². The molecule has 0 fully saturated rings. The maximum atomic E-state index is 12.5. The molecule has 0 saturated carbocycles. The van der Waals surface area contributed by atoms with Crippen LogP contribution in [0.25, 0.3) is 6.08 Å². The summed E-state index contributed by atoms with van der Waals surface area (Å²) in [6, 6.07) is 19.9. The predicted molar refractivity (Wildman–Crippen MR) is 129 cm³/mol. The Morgan fingerprint density at radius 1 is 1.03 bits per heavy atom. The molecule has 3 aromatic rings. The van der Waals surface area contributed by atoms with Crippen LogP contribution >= 0.6 is 31.9 Å². The maximum Gasteiger partial charge on any atom is 0.339 e. The number of carbonyl (C=O) groups excluding carboxylic acids is 1. The van der Waals surface area contributed by atoms with Crippen LogP contribution in [-0.2, 0) is 14.9 Å². The van der Waals surface area contributed by atoms with Gasteiger partial charge in [0, 0.05) is 5.69 Å². The van der Waals surface area contributed by atoms with Gasteiger partial charge in [0.1, 0.15) is 16.5 Å². The highest BCUT2D eigenvalue weighted by atomic mass is 79.9. The molecule has 1 N–H and O–H groups in total. The first-order valence-corrected chi connectivity index (χ1v) is 12.2. The molecular formula is C23H16Br2N2O4S. The number of amides is 1. The Labute approximate surface area is 202 Å². The quantitative estimate of drug-likeness (QED) is 0.226. The van der Waals surface area contributed by atoms with Crippen molar-refractivity contribution in [1.82, 2.24) is 0 Å². The molecule has 0 heterocycles. The third-order valence-electron chi connectivity index (χ3n) is 4.23. The SMILES string of the molecule is Cc1ccc(NC(=O)/C(C#N)=C/c2cc(Br)c(OS(=O)(=O)c3ccccc3)c(Br)c2)cc1. The van der Waals surface area contributed by atoms with E-state index in [1.54, 1.807) is 42.5 Å². The van der Waals surface area contributed by atoms with E-state index in [2.05, 4.69) is 37.2 Å². The molecule has 6 nitrogen and oxygen atoms in total. The highest BCUT2D eigenvalue weighted by Gasteiger charge is 2.20. The van der Waals surface area contributed by atoms with Gasteiger partial charge in [-0.3, -0.25) is 4.79 Å². The van der Waals surface area contributed by atoms with Gasteiger partial charge < -0.3 is 9.50 Å². The number of halogens is 2. The molecule has 162 valence electrons. The third kappa shape index (κ3) is 5.85. The number of nitrogens with one attached hydrogen (secondary N) is 1. The second-order valence-corrected chi connectivity index (χ2v) is 9.91. The van der Waals surface area contributed by atoms with Crippen LogP contribution in [-0.4, -0.2) is 14.3 Å². The summed E-state index contributed by atoms with van der Waals surface area (Å²) in [4.78, 5) is 12.5. The summed E-state index contributed by atoms with van der Waals surface area (Å²) < 4.78 is 31.0. The van der Waals surface area contributed by atoms with Crippen molar-refractivity contribution in [1.29, 1.82) is 5.26 Å². The van der Waals surface area contributed by atoms with Crippen LogP contribution in [0, 0.1) is 18.3 Å². The van der Waals surface area contributed by atoms with Crippen LogP contribution in [0.5, 0.6) is 5.75 Å². The molecule has 0 bridgehead atoms. The Bertz CT molecular complexity index is 1310. The first-order chi connectivity index (χ1) is 15.2. The molecule has 0 saturated heterocycles. The fourth-order valence-electron chi connectivity index (χ4n) is 2.64. The van der Waals surface area contributed by atoms with E-state index in [4.69, 9.17) is 4.18 Å². The van der Waals surface area contributed by atoms with Crippen molar-refractivity contribution in [2.75, 3.05) is 5.32 Å².